The summed E-state index contributed by atoms with van der Waals surface area (Å²) in [5, 5.41) is 3.32. The van der Waals surface area contributed by atoms with E-state index in [0.29, 0.717) is 0 Å². The smallest absolute Gasteiger partial charge is 0.227 e. The van der Waals surface area contributed by atoms with Crippen molar-refractivity contribution in [3.8, 4) is 0 Å². The average molecular weight is 344 g/mol. The van der Waals surface area contributed by atoms with Crippen LogP contribution in [0.1, 0.15) is 23.5 Å². The first kappa shape index (κ1) is 15.8. The van der Waals surface area contributed by atoms with Gasteiger partial charge in [0.05, 0.1) is 10.7 Å². The van der Waals surface area contributed by atoms with E-state index < -0.39 is 0 Å². The largest absolute Gasteiger partial charge is 0.356 e. The Morgan fingerprint density at radius 1 is 1.00 bits per heavy atom. The van der Waals surface area contributed by atoms with Gasteiger partial charge in [0, 0.05) is 57.4 Å². The second kappa shape index (κ2) is 7.03. The molecule has 128 valence electrons. The maximum Gasteiger partial charge on any atom is 0.227 e. The van der Waals surface area contributed by atoms with Crippen molar-refractivity contribution in [2.45, 2.75) is 26.3 Å². The summed E-state index contributed by atoms with van der Waals surface area (Å²) in [6.45, 7) is 9.29. The monoisotopic (exact) mass is 344 g/mol. The van der Waals surface area contributed by atoms with Gasteiger partial charge in [0.15, 0.2) is 0 Å². The third-order valence-corrected chi connectivity index (χ3v) is 5.59. The number of aromatic nitrogens is 3. The van der Waals surface area contributed by atoms with E-state index in [0.717, 1.165) is 62.6 Å². The summed E-state index contributed by atoms with van der Waals surface area (Å²) in [5.74, 6) is 1.96. The molecule has 0 bridgehead atoms. The van der Waals surface area contributed by atoms with Gasteiger partial charge in [0.2, 0.25) is 5.95 Å². The van der Waals surface area contributed by atoms with E-state index in [-0.39, 0.29) is 0 Å². The van der Waals surface area contributed by atoms with Crippen LogP contribution in [0.25, 0.3) is 0 Å². The first-order valence-electron chi connectivity index (χ1n) is 8.74. The third kappa shape index (κ3) is 3.52. The van der Waals surface area contributed by atoms with Gasteiger partial charge in [-0.1, -0.05) is 0 Å². The quantitative estimate of drug-likeness (QED) is 0.847. The highest BCUT2D eigenvalue weighted by molar-refractivity contribution is 7.09. The molecule has 7 heteroatoms. The predicted molar refractivity (Wildman–Crippen MR) is 97.8 cm³/mol. The zero-order valence-electron chi connectivity index (χ0n) is 14.2. The Morgan fingerprint density at radius 2 is 1.79 bits per heavy atom. The number of hydrogen-bond donors (Lipinski definition) is 0. The van der Waals surface area contributed by atoms with Gasteiger partial charge in [0.1, 0.15) is 5.82 Å². The lowest BCUT2D eigenvalue weighted by Crippen LogP contribution is -2.46. The van der Waals surface area contributed by atoms with Gasteiger partial charge in [-0.25, -0.2) is 9.97 Å². The molecule has 24 heavy (non-hydrogen) atoms. The van der Waals surface area contributed by atoms with Crippen molar-refractivity contribution in [2.75, 3.05) is 49.1 Å². The van der Waals surface area contributed by atoms with E-state index in [4.69, 9.17) is 4.98 Å². The minimum Gasteiger partial charge on any atom is -0.356 e. The Labute approximate surface area is 147 Å². The van der Waals surface area contributed by atoms with Crippen molar-refractivity contribution in [3.05, 3.63) is 28.3 Å². The maximum absolute atomic E-state index is 4.80. The van der Waals surface area contributed by atoms with Crippen LogP contribution in [0, 0.1) is 6.92 Å². The normalized spacial score (nSPS) is 19.2. The molecule has 2 aromatic rings. The molecule has 4 rings (SSSR count). The Balaban J connectivity index is 1.36. The summed E-state index contributed by atoms with van der Waals surface area (Å²) in [5.41, 5.74) is 1.19. The molecule has 4 heterocycles. The van der Waals surface area contributed by atoms with E-state index >= 15 is 0 Å². The molecule has 0 atom stereocenters. The van der Waals surface area contributed by atoms with Crippen LogP contribution in [-0.2, 0) is 6.54 Å². The van der Waals surface area contributed by atoms with E-state index in [9.17, 15) is 0 Å². The van der Waals surface area contributed by atoms with Crippen LogP contribution in [-0.4, -0.2) is 59.1 Å². The van der Waals surface area contributed by atoms with Gasteiger partial charge < -0.3 is 9.80 Å². The second-order valence-corrected chi connectivity index (χ2v) is 7.59. The Hall–Kier alpha value is -1.73. The fraction of sp³-hybridized carbons (Fsp3) is 0.588. The number of thiazole rings is 1. The van der Waals surface area contributed by atoms with Crippen LogP contribution >= 0.6 is 11.3 Å². The van der Waals surface area contributed by atoms with Crippen LogP contribution in [0.5, 0.6) is 0 Å². The lowest BCUT2D eigenvalue weighted by atomic mass is 10.3. The molecular formula is C17H24N6S. The highest BCUT2D eigenvalue weighted by Gasteiger charge is 2.21. The summed E-state index contributed by atoms with van der Waals surface area (Å²) in [7, 11) is 0. The van der Waals surface area contributed by atoms with Gasteiger partial charge in [-0.05, 0) is 25.8 Å². The molecule has 6 nitrogen and oxygen atoms in total. The summed E-state index contributed by atoms with van der Waals surface area (Å²) >= 11 is 1.73. The van der Waals surface area contributed by atoms with Crippen LogP contribution in [0.4, 0.5) is 11.8 Å². The molecule has 0 unspecified atom stereocenters. The summed E-state index contributed by atoms with van der Waals surface area (Å²) in [6.07, 6.45) is 4.45. The summed E-state index contributed by atoms with van der Waals surface area (Å²) in [6, 6.07) is 2.04. The average Bonchev–Trinajstić information content (AvgIpc) is 3.28. The molecular weight excluding hydrogens is 320 g/mol. The SMILES string of the molecule is Cc1nc(CN2CCN(c3nccc(N4CCCC4)n3)CC2)cs1. The molecule has 2 fully saturated rings. The molecule has 0 aromatic carbocycles. The van der Waals surface area contributed by atoms with E-state index in [2.05, 4.69) is 37.0 Å². The second-order valence-electron chi connectivity index (χ2n) is 6.53. The Morgan fingerprint density at radius 3 is 2.50 bits per heavy atom. The number of nitrogens with zero attached hydrogens (tertiary/aromatic N) is 6. The van der Waals surface area contributed by atoms with Crippen LogP contribution in [0.15, 0.2) is 17.6 Å². The number of piperazine rings is 1. The number of anilines is 2. The standard InChI is InChI=1S/C17H24N6S/c1-14-19-15(13-24-14)12-21-8-10-23(11-9-21)17-18-5-4-16(20-17)22-6-2-3-7-22/h4-5,13H,2-3,6-12H2,1H3. The van der Waals surface area contributed by atoms with E-state index in [1.165, 1.54) is 18.5 Å². The highest BCUT2D eigenvalue weighted by Crippen LogP contribution is 2.20. The van der Waals surface area contributed by atoms with Crippen molar-refractivity contribution >= 4 is 23.1 Å². The van der Waals surface area contributed by atoms with Crippen LogP contribution in [0.2, 0.25) is 0 Å². The van der Waals surface area contributed by atoms with Crippen molar-refractivity contribution in [1.29, 1.82) is 0 Å². The Bertz CT molecular complexity index is 673. The number of hydrogen-bond acceptors (Lipinski definition) is 7. The minimum atomic E-state index is 0.878. The molecule has 2 aliphatic rings. The van der Waals surface area contributed by atoms with E-state index in [1.807, 2.05) is 12.3 Å². The molecule has 0 N–H and O–H groups in total. The number of rotatable bonds is 4. The van der Waals surface area contributed by atoms with Gasteiger partial charge >= 0.3 is 0 Å². The Kier molecular flexibility index (Phi) is 4.62. The topological polar surface area (TPSA) is 48.4 Å². The molecule has 0 aliphatic carbocycles. The lowest BCUT2D eigenvalue weighted by molar-refractivity contribution is 0.246. The minimum absolute atomic E-state index is 0.878. The lowest BCUT2D eigenvalue weighted by Gasteiger charge is -2.34. The zero-order chi connectivity index (χ0) is 16.4. The van der Waals surface area contributed by atoms with Gasteiger partial charge in [-0.2, -0.15) is 4.98 Å². The van der Waals surface area contributed by atoms with E-state index in [1.54, 1.807) is 11.3 Å². The van der Waals surface area contributed by atoms with Gasteiger partial charge in [0.25, 0.3) is 0 Å². The van der Waals surface area contributed by atoms with Crippen LogP contribution < -0.4 is 9.80 Å². The summed E-state index contributed by atoms with van der Waals surface area (Å²) < 4.78 is 0. The first-order chi connectivity index (χ1) is 11.8. The van der Waals surface area contributed by atoms with Crippen molar-refractivity contribution in [2.24, 2.45) is 0 Å². The molecule has 0 saturated carbocycles. The van der Waals surface area contributed by atoms with Crippen molar-refractivity contribution in [1.82, 2.24) is 19.9 Å². The fourth-order valence-electron chi connectivity index (χ4n) is 3.43. The van der Waals surface area contributed by atoms with Gasteiger partial charge in [-0.3, -0.25) is 4.90 Å². The molecule has 2 aromatic heterocycles. The molecule has 0 radical (unpaired) electrons. The zero-order valence-corrected chi connectivity index (χ0v) is 15.0. The fourth-order valence-corrected chi connectivity index (χ4v) is 4.03. The predicted octanol–water partition coefficient (Wildman–Crippen LogP) is 2.16. The molecule has 2 aliphatic heterocycles. The van der Waals surface area contributed by atoms with Crippen molar-refractivity contribution < 1.29 is 0 Å². The maximum atomic E-state index is 4.80. The highest BCUT2D eigenvalue weighted by atomic mass is 32.1. The van der Waals surface area contributed by atoms with Crippen LogP contribution in [0.3, 0.4) is 0 Å². The van der Waals surface area contributed by atoms with Gasteiger partial charge in [-0.15, -0.1) is 11.3 Å². The first-order valence-corrected chi connectivity index (χ1v) is 9.62. The molecule has 2 saturated heterocycles. The van der Waals surface area contributed by atoms with Crippen molar-refractivity contribution in [3.63, 3.8) is 0 Å². The summed E-state index contributed by atoms with van der Waals surface area (Å²) in [4.78, 5) is 21.0. The molecule has 0 spiro atoms. The molecule has 0 amide bonds. The number of aryl methyl sites for hydroxylation is 1. The third-order valence-electron chi connectivity index (χ3n) is 4.77.